The van der Waals surface area contributed by atoms with Crippen LogP contribution in [0.4, 0.5) is 0 Å². The zero-order valence-corrected chi connectivity index (χ0v) is 12.0. The van der Waals surface area contributed by atoms with Gasteiger partial charge in [0.25, 0.3) is 11.8 Å². The Bertz CT molecular complexity index is 738. The van der Waals surface area contributed by atoms with Gasteiger partial charge in [-0.2, -0.15) is 0 Å². The molecule has 2 heterocycles. The molecule has 0 atom stereocenters. The van der Waals surface area contributed by atoms with Crippen LogP contribution in [-0.2, 0) is 4.79 Å². The zero-order valence-electron chi connectivity index (χ0n) is 11.2. The molecule has 0 saturated heterocycles. The molecule has 3 nitrogen and oxygen atoms in total. The number of carbonyl (C=O) groups excluding carboxylic acids is 2. The van der Waals surface area contributed by atoms with E-state index < -0.39 is 0 Å². The molecule has 1 N–H and O–H groups in total. The number of allylic oxidation sites excluding steroid dienone is 1. The predicted molar refractivity (Wildman–Crippen MR) is 80.6 cm³/mol. The number of imide groups is 1. The van der Waals surface area contributed by atoms with Crippen LogP contribution in [-0.4, -0.2) is 11.8 Å². The van der Waals surface area contributed by atoms with Gasteiger partial charge in [-0.05, 0) is 25.5 Å². The largest absolute Gasteiger partial charge is 0.288 e. The summed E-state index contributed by atoms with van der Waals surface area (Å²) < 4.78 is 0. The van der Waals surface area contributed by atoms with Crippen molar-refractivity contribution in [3.8, 4) is 10.4 Å². The summed E-state index contributed by atoms with van der Waals surface area (Å²) in [4.78, 5) is 25.5. The second-order valence-electron chi connectivity index (χ2n) is 4.71. The molecule has 0 saturated carbocycles. The minimum atomic E-state index is -0.317. The molecule has 4 heteroatoms. The summed E-state index contributed by atoms with van der Waals surface area (Å²) in [6.45, 7) is 3.84. The van der Waals surface area contributed by atoms with Crippen LogP contribution in [0.3, 0.4) is 0 Å². The fraction of sp³-hybridized carbons (Fsp3) is 0.125. The van der Waals surface area contributed by atoms with Crippen LogP contribution in [0.15, 0.2) is 36.4 Å². The van der Waals surface area contributed by atoms with Gasteiger partial charge in [0, 0.05) is 4.88 Å². The highest BCUT2D eigenvalue weighted by Crippen LogP contribution is 2.37. The molecular weight excluding hydrogens is 270 g/mol. The molecule has 0 fully saturated rings. The van der Waals surface area contributed by atoms with Crippen LogP contribution in [0.1, 0.15) is 27.7 Å². The summed E-state index contributed by atoms with van der Waals surface area (Å²) in [6, 6.07) is 9.99. The van der Waals surface area contributed by atoms with Crippen molar-refractivity contribution in [1.29, 1.82) is 0 Å². The smallest absolute Gasteiger partial charge is 0.259 e. The molecule has 2 aromatic rings. The van der Waals surface area contributed by atoms with Gasteiger partial charge >= 0.3 is 0 Å². The van der Waals surface area contributed by atoms with E-state index in [4.69, 9.17) is 0 Å². The Hall–Kier alpha value is -2.20. The highest BCUT2D eigenvalue weighted by molar-refractivity contribution is 7.17. The molecule has 0 bridgehead atoms. The molecule has 0 spiro atoms. The Kier molecular flexibility index (Phi) is 3.03. The maximum Gasteiger partial charge on any atom is 0.259 e. The molecule has 0 radical (unpaired) electrons. The van der Waals surface area contributed by atoms with Crippen molar-refractivity contribution in [2.75, 3.05) is 0 Å². The summed E-state index contributed by atoms with van der Waals surface area (Å²) in [7, 11) is 0. The summed E-state index contributed by atoms with van der Waals surface area (Å²) in [6.07, 6.45) is 1.75. The number of fused-ring (bicyclic) bond motifs is 1. The Balaban J connectivity index is 2.14. The van der Waals surface area contributed by atoms with E-state index >= 15 is 0 Å². The van der Waals surface area contributed by atoms with E-state index in [1.807, 2.05) is 37.3 Å². The highest BCUT2D eigenvalue weighted by atomic mass is 32.1. The van der Waals surface area contributed by atoms with Gasteiger partial charge in [-0.15, -0.1) is 11.3 Å². The third-order valence-electron chi connectivity index (χ3n) is 3.32. The van der Waals surface area contributed by atoms with E-state index in [-0.39, 0.29) is 11.8 Å². The van der Waals surface area contributed by atoms with Gasteiger partial charge in [-0.3, -0.25) is 14.9 Å². The van der Waals surface area contributed by atoms with E-state index in [0.717, 1.165) is 15.3 Å². The first-order chi connectivity index (χ1) is 9.60. The number of aryl methyl sites for hydroxylation is 1. The third-order valence-corrected chi connectivity index (χ3v) is 4.54. The van der Waals surface area contributed by atoms with Gasteiger partial charge in [0.2, 0.25) is 0 Å². The molecule has 1 aromatic carbocycles. The lowest BCUT2D eigenvalue weighted by molar-refractivity contribution is -0.114. The first-order valence-corrected chi connectivity index (χ1v) is 7.15. The lowest BCUT2D eigenvalue weighted by Gasteiger charge is -2.13. The maximum atomic E-state index is 11.9. The number of amides is 2. The topological polar surface area (TPSA) is 46.2 Å². The van der Waals surface area contributed by atoms with Crippen molar-refractivity contribution < 1.29 is 9.59 Å². The van der Waals surface area contributed by atoms with Gasteiger partial charge in [0.15, 0.2) is 0 Å². The minimum Gasteiger partial charge on any atom is -0.288 e. The fourth-order valence-electron chi connectivity index (χ4n) is 2.22. The van der Waals surface area contributed by atoms with Crippen molar-refractivity contribution in [3.63, 3.8) is 0 Å². The number of nitrogens with one attached hydrogen (secondary N) is 1. The Morgan fingerprint density at radius 1 is 1.10 bits per heavy atom. The highest BCUT2D eigenvalue weighted by Gasteiger charge is 2.29. The second kappa shape index (κ2) is 4.72. The maximum absolute atomic E-state index is 11.9. The van der Waals surface area contributed by atoms with Crippen molar-refractivity contribution >= 4 is 28.7 Å². The van der Waals surface area contributed by atoms with Crippen LogP contribution in [0, 0.1) is 6.92 Å². The van der Waals surface area contributed by atoms with Gasteiger partial charge in [0.05, 0.1) is 16.0 Å². The summed E-state index contributed by atoms with van der Waals surface area (Å²) in [5.41, 5.74) is 3.41. The molecule has 2 amide bonds. The van der Waals surface area contributed by atoms with Gasteiger partial charge < -0.3 is 0 Å². The van der Waals surface area contributed by atoms with Crippen molar-refractivity contribution in [3.05, 3.63) is 52.4 Å². The van der Waals surface area contributed by atoms with E-state index in [9.17, 15) is 9.59 Å². The molecule has 0 aliphatic carbocycles. The molecule has 3 rings (SSSR count). The van der Waals surface area contributed by atoms with Crippen LogP contribution < -0.4 is 5.32 Å². The molecule has 1 aliphatic rings. The lowest BCUT2D eigenvalue weighted by Crippen LogP contribution is -2.35. The molecule has 0 unspecified atom stereocenters. The molecule has 100 valence electrons. The first kappa shape index (κ1) is 12.8. The van der Waals surface area contributed by atoms with Crippen LogP contribution in [0.2, 0.25) is 0 Å². The zero-order chi connectivity index (χ0) is 14.3. The van der Waals surface area contributed by atoms with Crippen molar-refractivity contribution in [1.82, 2.24) is 5.32 Å². The number of thiophene rings is 1. The van der Waals surface area contributed by atoms with Gasteiger partial charge in [0.1, 0.15) is 0 Å². The first-order valence-electron chi connectivity index (χ1n) is 6.33. The molecule has 1 aromatic heterocycles. The summed E-state index contributed by atoms with van der Waals surface area (Å²) in [5, 5.41) is 2.37. The Morgan fingerprint density at radius 2 is 1.80 bits per heavy atom. The van der Waals surface area contributed by atoms with Crippen molar-refractivity contribution in [2.24, 2.45) is 0 Å². The van der Waals surface area contributed by atoms with Gasteiger partial charge in [-0.1, -0.05) is 35.9 Å². The summed E-state index contributed by atoms with van der Waals surface area (Å²) in [5.74, 6) is -0.632. The molecule has 1 aliphatic heterocycles. The predicted octanol–water partition coefficient (Wildman–Crippen LogP) is 3.40. The van der Waals surface area contributed by atoms with Gasteiger partial charge in [-0.25, -0.2) is 0 Å². The van der Waals surface area contributed by atoms with E-state index in [2.05, 4.69) is 5.32 Å². The van der Waals surface area contributed by atoms with E-state index in [1.54, 1.807) is 13.0 Å². The molecule has 20 heavy (non-hydrogen) atoms. The second-order valence-corrected chi connectivity index (χ2v) is 5.76. The summed E-state index contributed by atoms with van der Waals surface area (Å²) >= 11 is 1.48. The standard InChI is InChI=1S/C16H13NO2S/c1-3-11-14-12(16(19)17-15(11)18)8-13(20-14)10-6-4-9(2)5-7-10/h3-8H,1-2H3,(H,17,18,19)/b11-3+. The Morgan fingerprint density at radius 3 is 2.45 bits per heavy atom. The molecular formula is C16H13NO2S. The van der Waals surface area contributed by atoms with Crippen molar-refractivity contribution in [2.45, 2.75) is 13.8 Å². The van der Waals surface area contributed by atoms with Crippen LogP contribution >= 0.6 is 11.3 Å². The number of hydrogen-bond donors (Lipinski definition) is 1. The SMILES string of the molecule is C/C=C1/C(=O)NC(=O)c2cc(-c3ccc(C)cc3)sc21. The lowest BCUT2D eigenvalue weighted by atomic mass is 10.0. The van der Waals surface area contributed by atoms with Crippen LogP contribution in [0.25, 0.3) is 16.0 Å². The average Bonchev–Trinajstić information content (AvgIpc) is 2.85. The number of benzene rings is 1. The Labute approximate surface area is 120 Å². The number of rotatable bonds is 1. The number of carbonyl (C=O) groups is 2. The normalized spacial score (nSPS) is 16.2. The van der Waals surface area contributed by atoms with E-state index in [1.165, 1.54) is 16.9 Å². The number of hydrogen-bond acceptors (Lipinski definition) is 3. The van der Waals surface area contributed by atoms with E-state index in [0.29, 0.717) is 11.1 Å². The minimum absolute atomic E-state index is 0.315. The van der Waals surface area contributed by atoms with Crippen LogP contribution in [0.5, 0.6) is 0 Å². The quantitative estimate of drug-likeness (QED) is 0.644. The fourth-order valence-corrected chi connectivity index (χ4v) is 3.46. The average molecular weight is 283 g/mol. The monoisotopic (exact) mass is 283 g/mol. The third kappa shape index (κ3) is 1.98.